The third kappa shape index (κ3) is 4.05. The van der Waals surface area contributed by atoms with Gasteiger partial charge in [-0.2, -0.15) is 0 Å². The summed E-state index contributed by atoms with van der Waals surface area (Å²) in [6.07, 6.45) is 0.947. The van der Waals surface area contributed by atoms with Crippen LogP contribution >= 0.6 is 11.8 Å². The largest absolute Gasteiger partial charge is 0.338 e. The molecule has 8 nitrogen and oxygen atoms in total. The number of nitrogens with one attached hydrogen (secondary N) is 1. The lowest BCUT2D eigenvalue weighted by Crippen LogP contribution is -2.14. The van der Waals surface area contributed by atoms with Gasteiger partial charge < -0.3 is 14.8 Å². The van der Waals surface area contributed by atoms with Gasteiger partial charge in [0, 0.05) is 12.6 Å². The predicted molar refractivity (Wildman–Crippen MR) is 78.8 cm³/mol. The second-order valence-electron chi connectivity index (χ2n) is 4.42. The van der Waals surface area contributed by atoms with Crippen molar-refractivity contribution in [2.24, 2.45) is 5.73 Å². The Labute approximate surface area is 126 Å². The van der Waals surface area contributed by atoms with Gasteiger partial charge in [0.15, 0.2) is 5.16 Å². The molecule has 0 radical (unpaired) electrons. The molecular formula is C12H18N6O2S. The molecular weight excluding hydrogens is 292 g/mol. The number of anilines is 1. The molecule has 3 N–H and O–H groups in total. The van der Waals surface area contributed by atoms with Crippen LogP contribution in [-0.2, 0) is 17.9 Å². The Bertz CT molecular complexity index is 609. The van der Waals surface area contributed by atoms with Gasteiger partial charge in [0.2, 0.25) is 11.8 Å². The molecule has 0 saturated heterocycles. The molecule has 1 amide bonds. The summed E-state index contributed by atoms with van der Waals surface area (Å²) in [5.74, 6) is 1.10. The summed E-state index contributed by atoms with van der Waals surface area (Å²) in [6, 6.07) is 1.66. The topological polar surface area (TPSA) is 112 Å². The average Bonchev–Trinajstić information content (AvgIpc) is 3.03. The number of aryl methyl sites for hydroxylation is 1. The predicted octanol–water partition coefficient (Wildman–Crippen LogP) is 1.17. The van der Waals surface area contributed by atoms with E-state index < -0.39 is 0 Å². The molecule has 2 heterocycles. The molecule has 0 aromatic carbocycles. The summed E-state index contributed by atoms with van der Waals surface area (Å²) in [4.78, 5) is 11.8. The van der Waals surface area contributed by atoms with E-state index in [4.69, 9.17) is 10.3 Å². The Morgan fingerprint density at radius 1 is 1.52 bits per heavy atom. The summed E-state index contributed by atoms with van der Waals surface area (Å²) in [5, 5.41) is 15.1. The maximum absolute atomic E-state index is 11.8. The molecule has 0 saturated carbocycles. The van der Waals surface area contributed by atoms with Crippen LogP contribution in [0.25, 0.3) is 0 Å². The van der Waals surface area contributed by atoms with Gasteiger partial charge in [-0.1, -0.05) is 23.8 Å². The highest BCUT2D eigenvalue weighted by atomic mass is 32.2. The second-order valence-corrected chi connectivity index (χ2v) is 5.37. The number of aromatic nitrogens is 4. The first-order chi connectivity index (χ1) is 10.1. The van der Waals surface area contributed by atoms with Crippen LogP contribution in [0.15, 0.2) is 15.7 Å². The van der Waals surface area contributed by atoms with Crippen LogP contribution in [0.1, 0.15) is 24.9 Å². The molecule has 0 aliphatic heterocycles. The van der Waals surface area contributed by atoms with E-state index in [2.05, 4.69) is 27.6 Å². The van der Waals surface area contributed by atoms with E-state index in [1.165, 1.54) is 11.8 Å². The minimum absolute atomic E-state index is 0.184. The lowest BCUT2D eigenvalue weighted by Gasteiger charge is -2.07. The van der Waals surface area contributed by atoms with Gasteiger partial charge in [0.1, 0.15) is 5.82 Å². The van der Waals surface area contributed by atoms with E-state index in [1.807, 2.05) is 4.57 Å². The van der Waals surface area contributed by atoms with E-state index in [9.17, 15) is 4.79 Å². The lowest BCUT2D eigenvalue weighted by molar-refractivity contribution is -0.113. The Morgan fingerprint density at radius 3 is 2.95 bits per heavy atom. The van der Waals surface area contributed by atoms with Gasteiger partial charge in [-0.3, -0.25) is 10.1 Å². The number of hydrogen-bond donors (Lipinski definition) is 2. The van der Waals surface area contributed by atoms with Crippen molar-refractivity contribution >= 4 is 23.6 Å². The quantitative estimate of drug-likeness (QED) is 0.738. The normalized spacial score (nSPS) is 10.8. The number of hydrogen-bond acceptors (Lipinski definition) is 7. The van der Waals surface area contributed by atoms with Gasteiger partial charge in [-0.15, -0.1) is 10.2 Å². The minimum Gasteiger partial charge on any atom is -0.338 e. The van der Waals surface area contributed by atoms with E-state index in [0.717, 1.165) is 18.8 Å². The lowest BCUT2D eigenvalue weighted by atomic mass is 10.4. The SMILES string of the molecule is CCCn1c(CN)nnc1SCC(=O)Nc1cc(C)no1. The summed E-state index contributed by atoms with van der Waals surface area (Å²) < 4.78 is 6.87. The number of carbonyl (C=O) groups excluding carboxylic acids is 1. The first kappa shape index (κ1) is 15.5. The van der Waals surface area contributed by atoms with Crippen molar-refractivity contribution in [3.63, 3.8) is 0 Å². The van der Waals surface area contributed by atoms with Crippen molar-refractivity contribution in [3.8, 4) is 0 Å². The van der Waals surface area contributed by atoms with Crippen molar-refractivity contribution < 1.29 is 9.32 Å². The Hall–Kier alpha value is -1.87. The number of carbonyl (C=O) groups is 1. The highest BCUT2D eigenvalue weighted by Gasteiger charge is 2.13. The summed E-state index contributed by atoms with van der Waals surface area (Å²) in [6.45, 7) is 4.96. The van der Waals surface area contributed by atoms with E-state index >= 15 is 0 Å². The summed E-state index contributed by atoms with van der Waals surface area (Å²) in [7, 11) is 0. The van der Waals surface area contributed by atoms with Gasteiger partial charge in [-0.05, 0) is 13.3 Å². The van der Waals surface area contributed by atoms with Crippen molar-refractivity contribution in [2.75, 3.05) is 11.1 Å². The zero-order valence-electron chi connectivity index (χ0n) is 12.0. The molecule has 0 aliphatic carbocycles. The van der Waals surface area contributed by atoms with E-state index in [0.29, 0.717) is 23.3 Å². The first-order valence-corrected chi connectivity index (χ1v) is 7.60. The Balaban J connectivity index is 1.93. The smallest absolute Gasteiger partial charge is 0.237 e. The average molecular weight is 310 g/mol. The van der Waals surface area contributed by atoms with Crippen LogP contribution in [0.5, 0.6) is 0 Å². The Morgan fingerprint density at radius 2 is 2.33 bits per heavy atom. The first-order valence-electron chi connectivity index (χ1n) is 6.62. The maximum Gasteiger partial charge on any atom is 0.237 e. The van der Waals surface area contributed by atoms with Crippen LogP contribution in [-0.4, -0.2) is 31.6 Å². The van der Waals surface area contributed by atoms with Crippen LogP contribution in [0, 0.1) is 6.92 Å². The Kier molecular flexibility index (Phi) is 5.34. The van der Waals surface area contributed by atoms with Crippen LogP contribution in [0.4, 0.5) is 5.88 Å². The molecule has 0 bridgehead atoms. The van der Waals surface area contributed by atoms with Gasteiger partial charge >= 0.3 is 0 Å². The maximum atomic E-state index is 11.8. The number of nitrogens with two attached hydrogens (primary N) is 1. The third-order valence-electron chi connectivity index (χ3n) is 2.65. The van der Waals surface area contributed by atoms with Crippen molar-refractivity contribution in [2.45, 2.75) is 38.5 Å². The number of amides is 1. The monoisotopic (exact) mass is 310 g/mol. The molecule has 0 atom stereocenters. The van der Waals surface area contributed by atoms with Crippen molar-refractivity contribution in [1.82, 2.24) is 19.9 Å². The van der Waals surface area contributed by atoms with Gasteiger partial charge in [-0.25, -0.2) is 0 Å². The fraction of sp³-hybridized carbons (Fsp3) is 0.500. The van der Waals surface area contributed by atoms with Crippen LogP contribution < -0.4 is 11.1 Å². The molecule has 21 heavy (non-hydrogen) atoms. The molecule has 0 unspecified atom stereocenters. The van der Waals surface area contributed by atoms with Crippen molar-refractivity contribution in [3.05, 3.63) is 17.6 Å². The van der Waals surface area contributed by atoms with E-state index in [-0.39, 0.29) is 11.7 Å². The van der Waals surface area contributed by atoms with Gasteiger partial charge in [0.05, 0.1) is 18.0 Å². The van der Waals surface area contributed by atoms with Crippen LogP contribution in [0.2, 0.25) is 0 Å². The molecule has 114 valence electrons. The highest BCUT2D eigenvalue weighted by Crippen LogP contribution is 2.18. The molecule has 2 rings (SSSR count). The summed E-state index contributed by atoms with van der Waals surface area (Å²) in [5.41, 5.74) is 6.34. The zero-order chi connectivity index (χ0) is 15.2. The third-order valence-corrected chi connectivity index (χ3v) is 3.61. The fourth-order valence-electron chi connectivity index (χ4n) is 1.75. The zero-order valence-corrected chi connectivity index (χ0v) is 12.8. The molecule has 2 aromatic heterocycles. The highest BCUT2D eigenvalue weighted by molar-refractivity contribution is 7.99. The molecule has 0 fully saturated rings. The molecule has 9 heteroatoms. The standard InChI is InChI=1S/C12H18N6O2S/c1-3-4-18-9(6-13)15-16-12(18)21-7-10(19)14-11-5-8(2)17-20-11/h5H,3-4,6-7,13H2,1-2H3,(H,14,19). The van der Waals surface area contributed by atoms with E-state index in [1.54, 1.807) is 13.0 Å². The molecule has 2 aromatic rings. The fourth-order valence-corrected chi connectivity index (χ4v) is 2.53. The second kappa shape index (κ2) is 7.23. The minimum atomic E-state index is -0.184. The molecule has 0 spiro atoms. The summed E-state index contributed by atoms with van der Waals surface area (Å²) >= 11 is 1.32. The number of rotatable bonds is 7. The molecule has 0 aliphatic rings. The number of nitrogens with zero attached hydrogens (tertiary/aromatic N) is 4. The van der Waals surface area contributed by atoms with Crippen molar-refractivity contribution in [1.29, 1.82) is 0 Å². The number of thioether (sulfide) groups is 1. The van der Waals surface area contributed by atoms with Gasteiger partial charge in [0.25, 0.3) is 0 Å². The van der Waals surface area contributed by atoms with Crippen LogP contribution in [0.3, 0.4) is 0 Å².